The maximum Gasteiger partial charge on any atom is 0.269 e. The van der Waals surface area contributed by atoms with Crippen LogP contribution in [-0.4, -0.2) is 34.2 Å². The summed E-state index contributed by atoms with van der Waals surface area (Å²) in [5.74, 6) is -1.42. The number of hydrogen-bond acceptors (Lipinski definition) is 4. The zero-order valence-electron chi connectivity index (χ0n) is 15.7. The lowest BCUT2D eigenvalue weighted by Gasteiger charge is -2.18. The highest BCUT2D eigenvalue weighted by Crippen LogP contribution is 2.24. The SMILES string of the molecule is O=C(NC1CCN(c2ccccc2F)C1=O)c1cccc(-n2[nH]c(=O)ccc2=O)c1. The number of nitrogens with zero attached hydrogens (tertiary/aromatic N) is 2. The molecule has 0 spiro atoms. The van der Waals surface area contributed by atoms with Gasteiger partial charge in [0, 0.05) is 24.2 Å². The van der Waals surface area contributed by atoms with E-state index in [0.29, 0.717) is 12.1 Å². The molecular formula is C21H17FN4O4. The van der Waals surface area contributed by atoms with Crippen LogP contribution >= 0.6 is 0 Å². The van der Waals surface area contributed by atoms with Crippen molar-refractivity contribution in [2.75, 3.05) is 11.4 Å². The van der Waals surface area contributed by atoms with E-state index in [0.717, 1.165) is 16.8 Å². The minimum absolute atomic E-state index is 0.175. The largest absolute Gasteiger partial charge is 0.340 e. The Bertz CT molecular complexity index is 1250. The molecule has 0 saturated carbocycles. The number of nitrogens with one attached hydrogen (secondary N) is 2. The minimum Gasteiger partial charge on any atom is -0.340 e. The molecule has 1 aromatic heterocycles. The van der Waals surface area contributed by atoms with Crippen LogP contribution in [0.4, 0.5) is 10.1 Å². The van der Waals surface area contributed by atoms with Crippen LogP contribution in [0.25, 0.3) is 5.69 Å². The standard InChI is InChI=1S/C21H17FN4O4/c22-15-6-1-2-7-17(15)25-11-10-16(21(25)30)23-20(29)13-4-3-5-14(12-13)26-19(28)9-8-18(27)24-26/h1-9,12,16H,10-11H2,(H,23,29)(H,24,27). The normalized spacial score (nSPS) is 16.0. The summed E-state index contributed by atoms with van der Waals surface area (Å²) in [6.07, 6.45) is 0.337. The number of halogens is 1. The molecule has 0 aliphatic carbocycles. The van der Waals surface area contributed by atoms with E-state index in [-0.39, 0.29) is 17.8 Å². The molecule has 2 heterocycles. The molecule has 4 rings (SSSR count). The molecule has 1 fully saturated rings. The highest BCUT2D eigenvalue weighted by atomic mass is 19.1. The van der Waals surface area contributed by atoms with Gasteiger partial charge in [-0.1, -0.05) is 18.2 Å². The molecule has 1 unspecified atom stereocenters. The highest BCUT2D eigenvalue weighted by Gasteiger charge is 2.34. The third-order valence-electron chi connectivity index (χ3n) is 4.84. The number of hydrogen-bond donors (Lipinski definition) is 2. The number of aromatic nitrogens is 2. The van der Waals surface area contributed by atoms with Gasteiger partial charge < -0.3 is 10.2 Å². The number of anilines is 1. The van der Waals surface area contributed by atoms with E-state index >= 15 is 0 Å². The van der Waals surface area contributed by atoms with Crippen molar-refractivity contribution in [3.63, 3.8) is 0 Å². The molecule has 30 heavy (non-hydrogen) atoms. The molecule has 1 atom stereocenters. The number of amides is 2. The number of para-hydroxylation sites is 1. The fraction of sp³-hybridized carbons (Fsp3) is 0.143. The van der Waals surface area contributed by atoms with Crippen molar-refractivity contribution >= 4 is 17.5 Å². The lowest BCUT2D eigenvalue weighted by atomic mass is 10.1. The van der Waals surface area contributed by atoms with Crippen LogP contribution in [-0.2, 0) is 4.79 Å². The molecule has 0 bridgehead atoms. The molecule has 0 radical (unpaired) electrons. The third-order valence-corrected chi connectivity index (χ3v) is 4.84. The van der Waals surface area contributed by atoms with Crippen molar-refractivity contribution in [2.45, 2.75) is 12.5 Å². The van der Waals surface area contributed by atoms with E-state index in [2.05, 4.69) is 10.4 Å². The molecule has 2 aromatic carbocycles. The summed E-state index contributed by atoms with van der Waals surface area (Å²) in [6, 6.07) is 13.5. The Kier molecular flexibility index (Phi) is 5.01. The summed E-state index contributed by atoms with van der Waals surface area (Å²) in [5.41, 5.74) is -0.237. The zero-order chi connectivity index (χ0) is 21.3. The summed E-state index contributed by atoms with van der Waals surface area (Å²) in [4.78, 5) is 50.1. The van der Waals surface area contributed by atoms with Crippen LogP contribution < -0.4 is 21.3 Å². The zero-order valence-corrected chi connectivity index (χ0v) is 15.7. The van der Waals surface area contributed by atoms with Gasteiger partial charge in [-0.2, -0.15) is 0 Å². The molecule has 1 saturated heterocycles. The van der Waals surface area contributed by atoms with E-state index < -0.39 is 34.8 Å². The van der Waals surface area contributed by atoms with Gasteiger partial charge in [0.2, 0.25) is 5.91 Å². The number of benzene rings is 2. The van der Waals surface area contributed by atoms with Gasteiger partial charge in [-0.25, -0.2) is 9.07 Å². The van der Waals surface area contributed by atoms with Crippen molar-refractivity contribution in [1.82, 2.24) is 15.1 Å². The Labute approximate surface area is 169 Å². The van der Waals surface area contributed by atoms with Gasteiger partial charge in [-0.05, 0) is 36.8 Å². The molecular weight excluding hydrogens is 391 g/mol. The van der Waals surface area contributed by atoms with E-state index in [1.54, 1.807) is 18.2 Å². The smallest absolute Gasteiger partial charge is 0.269 e. The van der Waals surface area contributed by atoms with Crippen molar-refractivity contribution in [1.29, 1.82) is 0 Å². The van der Waals surface area contributed by atoms with E-state index in [9.17, 15) is 23.6 Å². The van der Waals surface area contributed by atoms with Gasteiger partial charge in [0.1, 0.15) is 11.9 Å². The van der Waals surface area contributed by atoms with Gasteiger partial charge in [0.25, 0.3) is 17.0 Å². The number of carbonyl (C=O) groups excluding carboxylic acids is 2. The lowest BCUT2D eigenvalue weighted by molar-refractivity contribution is -0.118. The number of aromatic amines is 1. The second-order valence-corrected chi connectivity index (χ2v) is 6.79. The van der Waals surface area contributed by atoms with Crippen LogP contribution in [0, 0.1) is 5.82 Å². The van der Waals surface area contributed by atoms with Gasteiger partial charge in [0.15, 0.2) is 0 Å². The molecule has 152 valence electrons. The maximum absolute atomic E-state index is 14.0. The van der Waals surface area contributed by atoms with E-state index in [1.165, 1.54) is 35.2 Å². The van der Waals surface area contributed by atoms with Crippen LogP contribution in [0.1, 0.15) is 16.8 Å². The minimum atomic E-state index is -0.792. The second-order valence-electron chi connectivity index (χ2n) is 6.79. The highest BCUT2D eigenvalue weighted by molar-refractivity contribution is 6.04. The third kappa shape index (κ3) is 3.64. The van der Waals surface area contributed by atoms with Crippen molar-refractivity contribution in [2.24, 2.45) is 0 Å². The molecule has 2 N–H and O–H groups in total. The molecule has 1 aliphatic rings. The van der Waals surface area contributed by atoms with Crippen molar-refractivity contribution < 1.29 is 14.0 Å². The fourth-order valence-corrected chi connectivity index (χ4v) is 3.37. The van der Waals surface area contributed by atoms with Crippen molar-refractivity contribution in [3.8, 4) is 5.69 Å². The summed E-state index contributed by atoms with van der Waals surface area (Å²) in [5, 5.41) is 5.04. The first kappa shape index (κ1) is 19.3. The lowest BCUT2D eigenvalue weighted by Crippen LogP contribution is -2.41. The molecule has 2 amide bonds. The molecule has 1 aliphatic heterocycles. The molecule has 8 nitrogen and oxygen atoms in total. The summed E-state index contributed by atoms with van der Waals surface area (Å²) < 4.78 is 15.0. The monoisotopic (exact) mass is 408 g/mol. The summed E-state index contributed by atoms with van der Waals surface area (Å²) >= 11 is 0. The van der Waals surface area contributed by atoms with Crippen LogP contribution in [0.3, 0.4) is 0 Å². The van der Waals surface area contributed by atoms with Crippen molar-refractivity contribution in [3.05, 3.63) is 92.8 Å². The van der Waals surface area contributed by atoms with E-state index in [1.807, 2.05) is 0 Å². The molecule has 9 heteroatoms. The first-order chi connectivity index (χ1) is 14.4. The average Bonchev–Trinajstić information content (AvgIpc) is 3.10. The Morgan fingerprint density at radius 2 is 1.83 bits per heavy atom. The number of H-pyrrole nitrogens is 1. The molecule has 3 aromatic rings. The topological polar surface area (TPSA) is 104 Å². The maximum atomic E-state index is 14.0. The van der Waals surface area contributed by atoms with Crippen LogP contribution in [0.2, 0.25) is 0 Å². The summed E-state index contributed by atoms with van der Waals surface area (Å²) in [6.45, 7) is 0.283. The van der Waals surface area contributed by atoms with E-state index in [4.69, 9.17) is 0 Å². The van der Waals surface area contributed by atoms with Crippen LogP contribution in [0.15, 0.2) is 70.3 Å². The second kappa shape index (κ2) is 7.78. The van der Waals surface area contributed by atoms with Gasteiger partial charge >= 0.3 is 0 Å². The predicted octanol–water partition coefficient (Wildman–Crippen LogP) is 1.20. The van der Waals surface area contributed by atoms with Gasteiger partial charge in [0.05, 0.1) is 11.4 Å². The first-order valence-electron chi connectivity index (χ1n) is 9.23. The predicted molar refractivity (Wildman–Crippen MR) is 107 cm³/mol. The quantitative estimate of drug-likeness (QED) is 0.677. The Hall–Kier alpha value is -4.01. The van der Waals surface area contributed by atoms with Crippen LogP contribution in [0.5, 0.6) is 0 Å². The number of rotatable bonds is 4. The Balaban J connectivity index is 1.53. The first-order valence-corrected chi connectivity index (χ1v) is 9.23. The number of carbonyl (C=O) groups is 2. The van der Waals surface area contributed by atoms with Gasteiger partial charge in [-0.15, -0.1) is 0 Å². The fourth-order valence-electron chi connectivity index (χ4n) is 3.37. The average molecular weight is 408 g/mol. The Morgan fingerprint density at radius 3 is 2.63 bits per heavy atom. The Morgan fingerprint density at radius 1 is 1.03 bits per heavy atom. The summed E-state index contributed by atoms with van der Waals surface area (Å²) in [7, 11) is 0. The van der Waals surface area contributed by atoms with Gasteiger partial charge in [-0.3, -0.25) is 24.3 Å².